The molecule has 7 nitrogen and oxygen atoms in total. The molecule has 1 aliphatic heterocycles. The molecule has 1 saturated heterocycles. The van der Waals surface area contributed by atoms with Gasteiger partial charge in [-0.2, -0.15) is 0 Å². The van der Waals surface area contributed by atoms with Crippen molar-refractivity contribution in [1.29, 1.82) is 0 Å². The number of hydrogen-bond donors (Lipinski definition) is 3. The highest BCUT2D eigenvalue weighted by molar-refractivity contribution is 5.83. The standard InChI is InChI=1S/C10H18N2O5/c1-6(13)11-7(10(16)17-2)3-12-4-8(14)9(15)5-12/h7-9,14-15H,3-5H2,1-2H3,(H,11,13). The van der Waals surface area contributed by atoms with Crippen LogP contribution in [-0.2, 0) is 14.3 Å². The van der Waals surface area contributed by atoms with E-state index in [1.807, 2.05) is 0 Å². The Morgan fingerprint density at radius 3 is 2.35 bits per heavy atom. The molecule has 0 radical (unpaired) electrons. The van der Waals surface area contributed by atoms with Gasteiger partial charge in [-0.3, -0.25) is 9.69 Å². The van der Waals surface area contributed by atoms with E-state index in [1.54, 1.807) is 4.90 Å². The van der Waals surface area contributed by atoms with Crippen LogP contribution >= 0.6 is 0 Å². The van der Waals surface area contributed by atoms with E-state index in [1.165, 1.54) is 14.0 Å². The summed E-state index contributed by atoms with van der Waals surface area (Å²) in [5.74, 6) is -0.878. The maximum Gasteiger partial charge on any atom is 0.329 e. The molecule has 3 unspecified atom stereocenters. The van der Waals surface area contributed by atoms with Gasteiger partial charge in [0, 0.05) is 26.6 Å². The summed E-state index contributed by atoms with van der Waals surface area (Å²) in [7, 11) is 1.24. The minimum Gasteiger partial charge on any atom is -0.467 e. The van der Waals surface area contributed by atoms with Crippen molar-refractivity contribution in [3.63, 3.8) is 0 Å². The highest BCUT2D eigenvalue weighted by atomic mass is 16.5. The molecule has 1 fully saturated rings. The summed E-state index contributed by atoms with van der Waals surface area (Å²) in [5, 5.41) is 21.2. The monoisotopic (exact) mass is 246 g/mol. The number of aliphatic hydroxyl groups excluding tert-OH is 2. The predicted molar refractivity (Wildman–Crippen MR) is 58.1 cm³/mol. The van der Waals surface area contributed by atoms with Gasteiger partial charge in [0.2, 0.25) is 5.91 Å². The van der Waals surface area contributed by atoms with Crippen LogP contribution in [0.1, 0.15) is 6.92 Å². The van der Waals surface area contributed by atoms with E-state index >= 15 is 0 Å². The quantitative estimate of drug-likeness (QED) is 0.483. The van der Waals surface area contributed by atoms with Crippen LogP contribution < -0.4 is 5.32 Å². The van der Waals surface area contributed by atoms with Crippen LogP contribution in [0.25, 0.3) is 0 Å². The number of nitrogens with one attached hydrogen (secondary N) is 1. The molecular weight excluding hydrogens is 228 g/mol. The van der Waals surface area contributed by atoms with Gasteiger partial charge >= 0.3 is 5.97 Å². The number of amides is 1. The normalized spacial score (nSPS) is 26.6. The third-order valence-corrected chi connectivity index (χ3v) is 2.64. The number of nitrogens with zero attached hydrogens (tertiary/aromatic N) is 1. The number of β-amino-alcohol motifs (C(OH)–C–C–N with tert-alkyl or cyclic N) is 2. The molecular formula is C10H18N2O5. The Bertz CT molecular complexity index is 286. The lowest BCUT2D eigenvalue weighted by atomic mass is 10.2. The fourth-order valence-electron chi connectivity index (χ4n) is 1.82. The molecule has 0 saturated carbocycles. The number of hydrogen-bond acceptors (Lipinski definition) is 6. The molecule has 0 bridgehead atoms. The smallest absolute Gasteiger partial charge is 0.329 e. The number of carbonyl (C=O) groups excluding carboxylic acids is 2. The second-order valence-electron chi connectivity index (χ2n) is 4.13. The minimum absolute atomic E-state index is 0.209. The Hall–Kier alpha value is -1.18. The molecule has 1 rings (SSSR count). The zero-order chi connectivity index (χ0) is 13.0. The van der Waals surface area contributed by atoms with Crippen molar-refractivity contribution in [1.82, 2.24) is 10.2 Å². The van der Waals surface area contributed by atoms with Gasteiger partial charge in [-0.15, -0.1) is 0 Å². The van der Waals surface area contributed by atoms with Crippen molar-refractivity contribution in [2.24, 2.45) is 0 Å². The first-order chi connectivity index (χ1) is 7.93. The first kappa shape index (κ1) is 13.9. The highest BCUT2D eigenvalue weighted by Crippen LogP contribution is 2.10. The maximum absolute atomic E-state index is 11.4. The first-order valence-electron chi connectivity index (χ1n) is 5.37. The Morgan fingerprint density at radius 1 is 1.41 bits per heavy atom. The lowest BCUT2D eigenvalue weighted by Gasteiger charge is -2.21. The molecule has 3 N–H and O–H groups in total. The maximum atomic E-state index is 11.4. The lowest BCUT2D eigenvalue weighted by Crippen LogP contribution is -2.48. The summed E-state index contributed by atoms with van der Waals surface area (Å²) >= 11 is 0. The van der Waals surface area contributed by atoms with E-state index < -0.39 is 24.2 Å². The second-order valence-corrected chi connectivity index (χ2v) is 4.13. The summed E-state index contributed by atoms with van der Waals surface area (Å²) in [6, 6.07) is -0.782. The van der Waals surface area contributed by atoms with E-state index in [-0.39, 0.29) is 25.5 Å². The van der Waals surface area contributed by atoms with E-state index in [2.05, 4.69) is 10.1 Å². The molecule has 1 aliphatic rings. The molecule has 0 aromatic rings. The fraction of sp³-hybridized carbons (Fsp3) is 0.800. The van der Waals surface area contributed by atoms with Crippen molar-refractivity contribution in [2.75, 3.05) is 26.7 Å². The van der Waals surface area contributed by atoms with Crippen LogP contribution in [0.15, 0.2) is 0 Å². The van der Waals surface area contributed by atoms with E-state index in [0.717, 1.165) is 0 Å². The lowest BCUT2D eigenvalue weighted by molar-refractivity contribution is -0.145. The van der Waals surface area contributed by atoms with Gasteiger partial charge in [0.15, 0.2) is 0 Å². The van der Waals surface area contributed by atoms with Gasteiger partial charge in [0.05, 0.1) is 19.3 Å². The molecule has 98 valence electrons. The molecule has 7 heteroatoms. The fourth-order valence-corrected chi connectivity index (χ4v) is 1.82. The van der Waals surface area contributed by atoms with Crippen molar-refractivity contribution >= 4 is 11.9 Å². The molecule has 0 aliphatic carbocycles. The van der Waals surface area contributed by atoms with Gasteiger partial charge in [-0.05, 0) is 0 Å². The summed E-state index contributed by atoms with van der Waals surface area (Å²) in [4.78, 5) is 24.1. The Balaban J connectivity index is 2.54. The summed E-state index contributed by atoms with van der Waals surface area (Å²) in [5.41, 5.74) is 0. The van der Waals surface area contributed by atoms with Gasteiger partial charge in [0.1, 0.15) is 6.04 Å². The number of esters is 1. The molecule has 0 aromatic heterocycles. The average Bonchev–Trinajstić information content (AvgIpc) is 2.55. The SMILES string of the molecule is COC(=O)C(CN1CC(O)C(O)C1)NC(C)=O. The Kier molecular flexibility index (Phi) is 4.86. The Labute approximate surface area is 99.4 Å². The number of ether oxygens (including phenoxy) is 1. The van der Waals surface area contributed by atoms with Gasteiger partial charge in [0.25, 0.3) is 0 Å². The number of rotatable bonds is 4. The topological polar surface area (TPSA) is 99.1 Å². The van der Waals surface area contributed by atoms with Crippen LogP contribution in [0.4, 0.5) is 0 Å². The third kappa shape index (κ3) is 3.95. The van der Waals surface area contributed by atoms with Crippen LogP contribution in [0.3, 0.4) is 0 Å². The molecule has 17 heavy (non-hydrogen) atoms. The number of likely N-dealkylation sites (tertiary alicyclic amines) is 1. The zero-order valence-electron chi connectivity index (χ0n) is 9.92. The largest absolute Gasteiger partial charge is 0.467 e. The minimum atomic E-state index is -0.814. The molecule has 1 amide bonds. The number of methoxy groups -OCH3 is 1. The second kappa shape index (κ2) is 5.95. The predicted octanol–water partition coefficient (Wildman–Crippen LogP) is -2.30. The number of carbonyl (C=O) groups is 2. The average molecular weight is 246 g/mol. The van der Waals surface area contributed by atoms with Crippen LogP contribution in [0, 0.1) is 0 Å². The number of aliphatic hydroxyl groups is 2. The van der Waals surface area contributed by atoms with E-state index in [4.69, 9.17) is 0 Å². The molecule has 3 atom stereocenters. The van der Waals surface area contributed by atoms with Crippen molar-refractivity contribution in [3.05, 3.63) is 0 Å². The molecule has 0 aromatic carbocycles. The highest BCUT2D eigenvalue weighted by Gasteiger charge is 2.33. The van der Waals surface area contributed by atoms with Crippen LogP contribution in [0.5, 0.6) is 0 Å². The van der Waals surface area contributed by atoms with Gasteiger partial charge in [-0.1, -0.05) is 0 Å². The van der Waals surface area contributed by atoms with E-state index in [0.29, 0.717) is 0 Å². The Morgan fingerprint density at radius 2 is 1.94 bits per heavy atom. The van der Waals surface area contributed by atoms with Gasteiger partial charge < -0.3 is 20.3 Å². The van der Waals surface area contributed by atoms with Gasteiger partial charge in [-0.25, -0.2) is 4.79 Å². The first-order valence-corrected chi connectivity index (χ1v) is 5.37. The van der Waals surface area contributed by atoms with Crippen LogP contribution in [0.2, 0.25) is 0 Å². The summed E-state index contributed by atoms with van der Waals surface area (Å²) in [6.07, 6.45) is -1.63. The zero-order valence-corrected chi connectivity index (χ0v) is 9.92. The van der Waals surface area contributed by atoms with Crippen LogP contribution in [-0.4, -0.2) is 72.0 Å². The summed E-state index contributed by atoms with van der Waals surface area (Å²) in [6.45, 7) is 2.06. The third-order valence-electron chi connectivity index (χ3n) is 2.64. The van der Waals surface area contributed by atoms with Crippen molar-refractivity contribution < 1.29 is 24.5 Å². The van der Waals surface area contributed by atoms with Crippen molar-refractivity contribution in [2.45, 2.75) is 25.2 Å². The van der Waals surface area contributed by atoms with Crippen molar-refractivity contribution in [3.8, 4) is 0 Å². The summed E-state index contributed by atoms with van der Waals surface area (Å²) < 4.78 is 4.57. The molecule has 1 heterocycles. The van der Waals surface area contributed by atoms with E-state index in [9.17, 15) is 19.8 Å². The molecule has 0 spiro atoms.